The Kier molecular flexibility index (Phi) is 5.95. The molecule has 2 aromatic rings. The summed E-state index contributed by atoms with van der Waals surface area (Å²) in [5.41, 5.74) is -2.09. The van der Waals surface area contributed by atoms with E-state index in [9.17, 15) is 26.4 Å². The van der Waals surface area contributed by atoms with E-state index in [0.29, 0.717) is 32.4 Å². The van der Waals surface area contributed by atoms with Crippen molar-refractivity contribution in [2.24, 2.45) is 5.92 Å². The second kappa shape index (κ2) is 8.29. The average Bonchev–Trinajstić information content (AvgIpc) is 3.12. The normalized spacial score (nSPS) is 23.7. The molecule has 1 aliphatic heterocycles. The fourth-order valence-corrected chi connectivity index (χ4v) is 5.60. The van der Waals surface area contributed by atoms with Crippen molar-refractivity contribution in [1.82, 2.24) is 18.8 Å². The molecule has 1 saturated heterocycles. The maximum atomic E-state index is 13.5. The van der Waals surface area contributed by atoms with Gasteiger partial charge in [-0.1, -0.05) is 13.3 Å². The van der Waals surface area contributed by atoms with Crippen LogP contribution in [0.4, 0.5) is 19.1 Å². The van der Waals surface area contributed by atoms with Gasteiger partial charge in [-0.3, -0.25) is 9.36 Å². The number of aromatic nitrogens is 3. The minimum atomic E-state index is -4.76. The maximum absolute atomic E-state index is 13.5. The topological polar surface area (TPSA) is 97.2 Å². The third kappa shape index (κ3) is 4.47. The Morgan fingerprint density at radius 3 is 2.41 bits per heavy atom. The van der Waals surface area contributed by atoms with E-state index in [1.807, 2.05) is 6.92 Å². The molecule has 2 atom stereocenters. The van der Waals surface area contributed by atoms with E-state index in [1.54, 1.807) is 0 Å². The molecule has 4 rings (SSSR count). The van der Waals surface area contributed by atoms with Crippen LogP contribution >= 0.6 is 0 Å². The molecule has 32 heavy (non-hydrogen) atoms. The van der Waals surface area contributed by atoms with Gasteiger partial charge in [0.25, 0.3) is 5.56 Å². The number of hydrogen-bond acceptors (Lipinski definition) is 6. The van der Waals surface area contributed by atoms with Crippen molar-refractivity contribution < 1.29 is 21.6 Å². The lowest BCUT2D eigenvalue weighted by atomic mass is 10.0. The largest absolute Gasteiger partial charge is 0.421 e. The molecule has 0 radical (unpaired) electrons. The standard InChI is InChI=1S/C20H26F3N5O3S/c1-12-4-3-5-16(12)28-17-13(10-15(18(28)29)20(21,22)23)11-24-19(26-17)25-14-6-8-27(9-7-14)32(2,30)31/h10-12,14,16H,3-9H2,1-2H3,(H,24,25,26)/t12-,16+/m0/s1. The summed E-state index contributed by atoms with van der Waals surface area (Å²) >= 11 is 0. The zero-order valence-corrected chi connectivity index (χ0v) is 18.7. The SMILES string of the molecule is C[C@H]1CCC[C@H]1n1c(=O)c(C(F)(F)F)cc2cnc(NC3CCN(S(C)(=O)=O)CC3)nc21. The zero-order valence-electron chi connectivity index (χ0n) is 17.9. The Morgan fingerprint density at radius 1 is 1.16 bits per heavy atom. The van der Waals surface area contributed by atoms with E-state index in [-0.39, 0.29) is 35.0 Å². The van der Waals surface area contributed by atoms with Crippen LogP contribution < -0.4 is 10.9 Å². The quantitative estimate of drug-likeness (QED) is 0.733. The van der Waals surface area contributed by atoms with Gasteiger partial charge in [0.05, 0.1) is 6.26 Å². The predicted molar refractivity (Wildman–Crippen MR) is 114 cm³/mol. The Bertz CT molecular complexity index is 1170. The number of piperidine rings is 1. The number of anilines is 1. The first-order chi connectivity index (χ1) is 14.9. The fraction of sp³-hybridized carbons (Fsp3) is 0.650. The summed E-state index contributed by atoms with van der Waals surface area (Å²) in [6, 6.07) is 0.390. The number of halogens is 3. The van der Waals surface area contributed by atoms with E-state index in [0.717, 1.165) is 18.9 Å². The molecule has 0 amide bonds. The first kappa shape index (κ1) is 23.0. The molecule has 2 fully saturated rings. The molecule has 8 nitrogen and oxygen atoms in total. The Balaban J connectivity index is 1.70. The van der Waals surface area contributed by atoms with Gasteiger partial charge < -0.3 is 5.32 Å². The molecule has 0 bridgehead atoms. The third-order valence-electron chi connectivity index (χ3n) is 6.48. The first-order valence-corrected chi connectivity index (χ1v) is 12.5. The molecular formula is C20H26F3N5O3S. The van der Waals surface area contributed by atoms with Crippen LogP contribution in [0.25, 0.3) is 11.0 Å². The second-order valence-electron chi connectivity index (χ2n) is 8.76. The van der Waals surface area contributed by atoms with Crippen LogP contribution in [0.2, 0.25) is 0 Å². The Hall–Kier alpha value is -2.21. The minimum Gasteiger partial charge on any atom is -0.351 e. The fourth-order valence-electron chi connectivity index (χ4n) is 4.72. The molecule has 0 aromatic carbocycles. The van der Waals surface area contributed by atoms with Gasteiger partial charge in [0.1, 0.15) is 11.2 Å². The van der Waals surface area contributed by atoms with Crippen LogP contribution in [0.5, 0.6) is 0 Å². The average molecular weight is 474 g/mol. The van der Waals surface area contributed by atoms with Gasteiger partial charge >= 0.3 is 6.18 Å². The molecule has 2 aromatic heterocycles. The van der Waals surface area contributed by atoms with Crippen LogP contribution in [-0.4, -0.2) is 52.6 Å². The van der Waals surface area contributed by atoms with Crippen molar-refractivity contribution in [2.45, 2.75) is 57.3 Å². The van der Waals surface area contributed by atoms with Gasteiger partial charge in [-0.15, -0.1) is 0 Å². The third-order valence-corrected chi connectivity index (χ3v) is 7.79. The van der Waals surface area contributed by atoms with Gasteiger partial charge in [0, 0.05) is 36.8 Å². The lowest BCUT2D eigenvalue weighted by Gasteiger charge is -2.30. The minimum absolute atomic E-state index is 0.0612. The van der Waals surface area contributed by atoms with Crippen molar-refractivity contribution in [3.05, 3.63) is 28.2 Å². The molecule has 1 saturated carbocycles. The molecule has 176 valence electrons. The lowest BCUT2D eigenvalue weighted by Crippen LogP contribution is -2.42. The van der Waals surface area contributed by atoms with Crippen molar-refractivity contribution in [3.63, 3.8) is 0 Å². The van der Waals surface area contributed by atoms with Gasteiger partial charge in [-0.2, -0.15) is 18.2 Å². The smallest absolute Gasteiger partial charge is 0.351 e. The van der Waals surface area contributed by atoms with Gasteiger partial charge in [-0.25, -0.2) is 17.7 Å². The summed E-state index contributed by atoms with van der Waals surface area (Å²) in [6.45, 7) is 2.67. The van der Waals surface area contributed by atoms with Crippen LogP contribution in [0.3, 0.4) is 0 Å². The predicted octanol–water partition coefficient (Wildman–Crippen LogP) is 3.01. The molecule has 3 heterocycles. The summed E-state index contributed by atoms with van der Waals surface area (Å²) in [6.07, 6.45) is 1.11. The summed E-state index contributed by atoms with van der Waals surface area (Å²) in [5, 5.41) is 3.32. The lowest BCUT2D eigenvalue weighted by molar-refractivity contribution is -0.138. The monoisotopic (exact) mass is 473 g/mol. The number of rotatable bonds is 4. The zero-order chi connectivity index (χ0) is 23.3. The van der Waals surface area contributed by atoms with Gasteiger partial charge in [0.2, 0.25) is 16.0 Å². The number of sulfonamides is 1. The van der Waals surface area contributed by atoms with Crippen molar-refractivity contribution in [3.8, 4) is 0 Å². The number of pyridine rings is 1. The highest BCUT2D eigenvalue weighted by Crippen LogP contribution is 2.37. The molecule has 0 unspecified atom stereocenters. The first-order valence-electron chi connectivity index (χ1n) is 10.7. The molecule has 12 heteroatoms. The van der Waals surface area contributed by atoms with E-state index >= 15 is 0 Å². The summed E-state index contributed by atoms with van der Waals surface area (Å²) in [4.78, 5) is 21.5. The van der Waals surface area contributed by atoms with E-state index in [1.165, 1.54) is 21.3 Å². The highest BCUT2D eigenvalue weighted by Gasteiger charge is 2.38. The number of hydrogen-bond donors (Lipinski definition) is 1. The molecular weight excluding hydrogens is 447 g/mol. The number of nitrogens with one attached hydrogen (secondary N) is 1. The molecule has 1 aliphatic carbocycles. The molecule has 0 spiro atoms. The Morgan fingerprint density at radius 2 is 1.84 bits per heavy atom. The van der Waals surface area contributed by atoms with Gasteiger partial charge in [-0.05, 0) is 37.7 Å². The second-order valence-corrected chi connectivity index (χ2v) is 10.7. The van der Waals surface area contributed by atoms with E-state index in [2.05, 4.69) is 15.3 Å². The number of alkyl halides is 3. The molecule has 2 aliphatic rings. The Labute approximate surface area is 183 Å². The summed E-state index contributed by atoms with van der Waals surface area (Å²) in [7, 11) is -3.25. The van der Waals surface area contributed by atoms with Crippen molar-refractivity contribution >= 4 is 27.0 Å². The van der Waals surface area contributed by atoms with Crippen LogP contribution in [0.15, 0.2) is 17.1 Å². The summed E-state index contributed by atoms with van der Waals surface area (Å²) < 4.78 is 66.6. The van der Waals surface area contributed by atoms with Crippen LogP contribution in [0.1, 0.15) is 50.6 Å². The summed E-state index contributed by atoms with van der Waals surface area (Å²) in [5.74, 6) is 0.278. The van der Waals surface area contributed by atoms with Crippen molar-refractivity contribution in [1.29, 1.82) is 0 Å². The highest BCUT2D eigenvalue weighted by molar-refractivity contribution is 7.88. The van der Waals surface area contributed by atoms with Crippen LogP contribution in [-0.2, 0) is 16.2 Å². The highest BCUT2D eigenvalue weighted by atomic mass is 32.2. The van der Waals surface area contributed by atoms with Crippen molar-refractivity contribution in [2.75, 3.05) is 24.7 Å². The number of fused-ring (bicyclic) bond motifs is 1. The van der Waals surface area contributed by atoms with Crippen LogP contribution in [0, 0.1) is 5.92 Å². The van der Waals surface area contributed by atoms with E-state index in [4.69, 9.17) is 0 Å². The molecule has 1 N–H and O–H groups in total. The number of nitrogens with zero attached hydrogens (tertiary/aromatic N) is 4. The van der Waals surface area contributed by atoms with E-state index < -0.39 is 27.3 Å². The van der Waals surface area contributed by atoms with Gasteiger partial charge in [0.15, 0.2) is 0 Å². The maximum Gasteiger partial charge on any atom is 0.421 e.